The lowest BCUT2D eigenvalue weighted by Crippen LogP contribution is -2.42. The molecule has 1 fully saturated rings. The zero-order chi connectivity index (χ0) is 52.5. The number of unbranched alkanes of at least 4 members (excludes halogenated alkanes) is 20. The van der Waals surface area contributed by atoms with E-state index in [1.54, 1.807) is 20.8 Å². The van der Waals surface area contributed by atoms with Gasteiger partial charge in [0.1, 0.15) is 18.3 Å². The first-order valence-electron chi connectivity index (χ1n) is 28.1. The van der Waals surface area contributed by atoms with Crippen molar-refractivity contribution < 1.29 is 66.7 Å². The molecule has 0 spiro atoms. The minimum atomic E-state index is -0.853. The third-order valence-electron chi connectivity index (χ3n) is 12.5. The van der Waals surface area contributed by atoms with Crippen molar-refractivity contribution in [3.8, 4) is 0 Å². The topological polar surface area (TPSA) is 187 Å². The Labute approximate surface area is 428 Å². The van der Waals surface area contributed by atoms with Crippen molar-refractivity contribution >= 4 is 41.9 Å². The maximum Gasteiger partial charge on any atom is 0.410 e. The highest BCUT2D eigenvalue weighted by atomic mass is 16.6. The molecule has 0 radical (unpaired) electrons. The Morgan fingerprint density at radius 2 is 0.718 bits per heavy atom. The minimum absolute atomic E-state index is 0.0500. The molecule has 2 atom stereocenters. The number of likely N-dealkylation sites (tertiary alicyclic amines) is 1. The van der Waals surface area contributed by atoms with Crippen LogP contribution in [-0.4, -0.2) is 104 Å². The average molecular weight is 1010 g/mol. The molecule has 1 rings (SSSR count). The highest BCUT2D eigenvalue weighted by Crippen LogP contribution is 2.27. The lowest BCUT2D eigenvalue weighted by molar-refractivity contribution is -0.154. The van der Waals surface area contributed by atoms with Crippen molar-refractivity contribution in [3.05, 3.63) is 0 Å². The molecule has 0 aliphatic carbocycles. The van der Waals surface area contributed by atoms with Gasteiger partial charge in [0.2, 0.25) is 0 Å². The summed E-state index contributed by atoms with van der Waals surface area (Å²) in [5.74, 6) is -4.82. The zero-order valence-corrected chi connectivity index (χ0v) is 45.6. The van der Waals surface area contributed by atoms with Crippen LogP contribution in [0.4, 0.5) is 4.79 Å². The van der Waals surface area contributed by atoms with Crippen LogP contribution in [-0.2, 0) is 61.9 Å². The van der Waals surface area contributed by atoms with E-state index in [-0.39, 0.29) is 84.5 Å². The zero-order valence-electron chi connectivity index (χ0n) is 45.6. The van der Waals surface area contributed by atoms with Crippen LogP contribution in [0.15, 0.2) is 0 Å². The smallest absolute Gasteiger partial charge is 0.410 e. The van der Waals surface area contributed by atoms with Crippen LogP contribution in [0.5, 0.6) is 0 Å². The SMILES string of the molecule is CCCCCCCCOC(=O)CC(CC(=O)OCCCCCCCC)CC(=O)OC[C@@H]1C[C@@H](OC(=O)CC(CC(=O)OCCCCCCCC)CC(=O)OCCCCCCCC)CN1C(=O)OC(C)(C)C. The van der Waals surface area contributed by atoms with Crippen molar-refractivity contribution in [1.82, 2.24) is 4.90 Å². The monoisotopic (exact) mass is 1010 g/mol. The molecule has 0 aromatic rings. The van der Waals surface area contributed by atoms with Crippen molar-refractivity contribution in [3.63, 3.8) is 0 Å². The maximum absolute atomic E-state index is 13.6. The molecule has 1 saturated heterocycles. The van der Waals surface area contributed by atoms with Crippen molar-refractivity contribution in [2.24, 2.45) is 11.8 Å². The molecule has 1 aliphatic heterocycles. The molecule has 0 bridgehead atoms. The number of carbonyl (C=O) groups is 7. The van der Waals surface area contributed by atoms with Crippen LogP contribution >= 0.6 is 0 Å². The van der Waals surface area contributed by atoms with E-state index in [9.17, 15) is 33.6 Å². The second-order valence-electron chi connectivity index (χ2n) is 20.7. The van der Waals surface area contributed by atoms with Gasteiger partial charge in [0, 0.05) is 44.9 Å². The summed E-state index contributed by atoms with van der Waals surface area (Å²) in [7, 11) is 0. The van der Waals surface area contributed by atoms with Gasteiger partial charge in [-0.1, -0.05) is 156 Å². The van der Waals surface area contributed by atoms with Crippen LogP contribution in [0.1, 0.15) is 248 Å². The summed E-state index contributed by atoms with van der Waals surface area (Å²) in [6.07, 6.45) is 22.2. The summed E-state index contributed by atoms with van der Waals surface area (Å²) in [6, 6.07) is -0.737. The lowest BCUT2D eigenvalue weighted by atomic mass is 9.97. The number of hydrogen-bond donors (Lipinski definition) is 0. The van der Waals surface area contributed by atoms with E-state index < -0.39 is 71.5 Å². The van der Waals surface area contributed by atoms with E-state index in [4.69, 9.17) is 33.2 Å². The Morgan fingerprint density at radius 1 is 0.423 bits per heavy atom. The van der Waals surface area contributed by atoms with E-state index in [1.807, 2.05) is 0 Å². The van der Waals surface area contributed by atoms with E-state index in [1.165, 1.54) is 30.6 Å². The summed E-state index contributed by atoms with van der Waals surface area (Å²) >= 11 is 0. The standard InChI is InChI=1S/C56H99NO14/c1-8-12-16-20-24-28-32-65-49(58)36-45(37-50(59)66-33-29-25-21-17-13-9-2)40-53(62)69-44-47-42-48(43-57(47)55(64)71-56(5,6)7)70-54(63)41-46(38-51(60)67-34-30-26-22-18-14-10-3)39-52(61)68-35-31-27-23-19-15-11-4/h45-48H,8-44H2,1-7H3/t47-,48+/m0/s1. The summed E-state index contributed by atoms with van der Waals surface area (Å²) in [5, 5.41) is 0. The molecule has 0 saturated carbocycles. The Hall–Kier alpha value is -3.91. The van der Waals surface area contributed by atoms with Gasteiger partial charge in [0.25, 0.3) is 0 Å². The predicted octanol–water partition coefficient (Wildman–Crippen LogP) is 12.6. The quantitative estimate of drug-likeness (QED) is 0.0319. The number of ether oxygens (including phenoxy) is 7. The number of rotatable bonds is 43. The number of hydrogen-bond acceptors (Lipinski definition) is 14. The van der Waals surface area contributed by atoms with Crippen LogP contribution in [0.3, 0.4) is 0 Å². The van der Waals surface area contributed by atoms with E-state index in [0.29, 0.717) is 0 Å². The van der Waals surface area contributed by atoms with Crippen LogP contribution < -0.4 is 0 Å². The fraction of sp³-hybridized carbons (Fsp3) is 0.875. The molecular formula is C56H99NO14. The first-order valence-corrected chi connectivity index (χ1v) is 28.1. The number of amides is 1. The Bertz CT molecular complexity index is 1400. The number of esters is 6. The third-order valence-corrected chi connectivity index (χ3v) is 12.5. The molecule has 15 heteroatoms. The normalized spacial score (nSPS) is 14.6. The average Bonchev–Trinajstić information content (AvgIpc) is 3.71. The maximum atomic E-state index is 13.6. The molecule has 71 heavy (non-hydrogen) atoms. The van der Waals surface area contributed by atoms with Crippen molar-refractivity contribution in [1.29, 1.82) is 0 Å². The molecule has 1 amide bonds. The second kappa shape index (κ2) is 41.6. The van der Waals surface area contributed by atoms with E-state index in [0.717, 1.165) is 128 Å². The molecule has 412 valence electrons. The van der Waals surface area contributed by atoms with Gasteiger partial charge < -0.3 is 33.2 Å². The molecule has 0 aromatic heterocycles. The summed E-state index contributed by atoms with van der Waals surface area (Å²) < 4.78 is 39.3. The largest absolute Gasteiger partial charge is 0.466 e. The first-order chi connectivity index (χ1) is 34.1. The van der Waals surface area contributed by atoms with Gasteiger partial charge in [0.05, 0.1) is 39.0 Å². The van der Waals surface area contributed by atoms with Crippen molar-refractivity contribution in [2.75, 3.05) is 39.6 Å². The molecule has 15 nitrogen and oxygen atoms in total. The Kier molecular flexibility index (Phi) is 38.1. The van der Waals surface area contributed by atoms with E-state index in [2.05, 4.69) is 27.7 Å². The van der Waals surface area contributed by atoms with Gasteiger partial charge >= 0.3 is 41.9 Å². The highest BCUT2D eigenvalue weighted by molar-refractivity contribution is 5.78. The third kappa shape index (κ3) is 36.6. The predicted molar refractivity (Wildman–Crippen MR) is 274 cm³/mol. The summed E-state index contributed by atoms with van der Waals surface area (Å²) in [6.45, 7) is 14.5. The van der Waals surface area contributed by atoms with Gasteiger partial charge in [-0.3, -0.25) is 33.7 Å². The van der Waals surface area contributed by atoms with Gasteiger partial charge in [0.15, 0.2) is 0 Å². The number of carbonyl (C=O) groups excluding carboxylic acids is 7. The second-order valence-corrected chi connectivity index (χ2v) is 20.7. The van der Waals surface area contributed by atoms with Gasteiger partial charge in [-0.05, 0) is 58.3 Å². The fourth-order valence-electron chi connectivity index (χ4n) is 8.50. The molecule has 0 N–H and O–H groups in total. The van der Waals surface area contributed by atoms with Crippen LogP contribution in [0, 0.1) is 11.8 Å². The first kappa shape index (κ1) is 65.1. The molecule has 1 aliphatic rings. The number of nitrogens with zero attached hydrogens (tertiary/aromatic N) is 1. The molecule has 0 unspecified atom stereocenters. The van der Waals surface area contributed by atoms with Gasteiger partial charge in [-0.2, -0.15) is 0 Å². The van der Waals surface area contributed by atoms with Gasteiger partial charge in [-0.25, -0.2) is 4.79 Å². The summed E-state index contributed by atoms with van der Waals surface area (Å²) in [5.41, 5.74) is -0.853. The Balaban J connectivity index is 3.02. The molecular weight excluding hydrogens is 911 g/mol. The molecule has 1 heterocycles. The minimum Gasteiger partial charge on any atom is -0.466 e. The van der Waals surface area contributed by atoms with Crippen LogP contribution in [0.25, 0.3) is 0 Å². The van der Waals surface area contributed by atoms with Gasteiger partial charge in [-0.15, -0.1) is 0 Å². The van der Waals surface area contributed by atoms with Crippen LogP contribution in [0.2, 0.25) is 0 Å². The molecule has 0 aromatic carbocycles. The fourth-order valence-corrected chi connectivity index (χ4v) is 8.50. The van der Waals surface area contributed by atoms with Crippen molar-refractivity contribution in [2.45, 2.75) is 265 Å². The Morgan fingerprint density at radius 3 is 1.04 bits per heavy atom. The highest BCUT2D eigenvalue weighted by Gasteiger charge is 2.41. The van der Waals surface area contributed by atoms with E-state index >= 15 is 0 Å². The lowest BCUT2D eigenvalue weighted by Gasteiger charge is -2.28. The summed E-state index contributed by atoms with van der Waals surface area (Å²) in [4.78, 5) is 93.7.